The number of nitrogens with zero attached hydrogens (tertiary/aromatic N) is 1. The van der Waals surface area contributed by atoms with E-state index in [4.69, 9.17) is 5.73 Å². The highest BCUT2D eigenvalue weighted by atomic mass is 16.2. The van der Waals surface area contributed by atoms with Gasteiger partial charge in [0.25, 0.3) is 5.91 Å². The number of nitrogens with two attached hydrogens (primary N) is 1. The second-order valence-electron chi connectivity index (χ2n) is 13.5. The van der Waals surface area contributed by atoms with Gasteiger partial charge in [-0.1, -0.05) is 50.2 Å². The third-order valence-corrected chi connectivity index (χ3v) is 9.53. The van der Waals surface area contributed by atoms with Crippen molar-refractivity contribution in [2.24, 2.45) is 11.7 Å². The van der Waals surface area contributed by atoms with Crippen LogP contribution in [0.2, 0.25) is 0 Å². The number of amides is 7. The predicted molar refractivity (Wildman–Crippen MR) is 188 cm³/mol. The number of rotatable bonds is 13. The topological polar surface area (TPSA) is 226 Å². The molecule has 2 aromatic carbocycles. The average Bonchev–Trinajstić information content (AvgIpc) is 3.43. The number of ketones is 2. The van der Waals surface area contributed by atoms with Crippen molar-refractivity contribution in [1.82, 2.24) is 26.2 Å². The summed E-state index contributed by atoms with van der Waals surface area (Å²) in [5, 5.41) is 13.3. The van der Waals surface area contributed by atoms with Crippen molar-refractivity contribution in [3.63, 3.8) is 0 Å². The molecule has 3 atom stereocenters. The molecule has 1 unspecified atom stereocenters. The molecule has 0 spiro atoms. The van der Waals surface area contributed by atoms with Crippen molar-refractivity contribution in [3.05, 3.63) is 77.0 Å². The lowest BCUT2D eigenvalue weighted by Gasteiger charge is -2.29. The number of carbonyl (C=O) groups is 8. The Morgan fingerprint density at radius 3 is 2.33 bits per heavy atom. The highest BCUT2D eigenvalue weighted by Crippen LogP contribution is 2.33. The van der Waals surface area contributed by atoms with Gasteiger partial charge in [0.1, 0.15) is 18.1 Å². The van der Waals surface area contributed by atoms with Crippen LogP contribution in [0, 0.1) is 5.92 Å². The SMILES string of the molecule is CC(C)[C@H](NC=C1C(=O)CC(c2ccccc2)CC1=O)C(=O)N[C@@H](CCCNC(N)=O)C(=O)Nc1cccc2c1CN(C1CCC(=O)NC1=O)C2=O. The number of anilines is 1. The molecule has 274 valence electrons. The Balaban J connectivity index is 1.29. The first-order valence-corrected chi connectivity index (χ1v) is 17.3. The third-order valence-electron chi connectivity index (χ3n) is 9.53. The number of Topliss-reactive ketones (excluding diaryl/α,β-unsaturated/α-hetero) is 2. The van der Waals surface area contributed by atoms with Crippen LogP contribution in [0.3, 0.4) is 0 Å². The summed E-state index contributed by atoms with van der Waals surface area (Å²) in [6.45, 7) is 3.71. The summed E-state index contributed by atoms with van der Waals surface area (Å²) < 4.78 is 0. The molecule has 3 aliphatic rings. The van der Waals surface area contributed by atoms with Gasteiger partial charge >= 0.3 is 6.03 Å². The molecule has 1 saturated heterocycles. The second-order valence-corrected chi connectivity index (χ2v) is 13.5. The number of hydrogen-bond donors (Lipinski definition) is 6. The molecule has 2 aromatic rings. The number of carbonyl (C=O) groups excluding carboxylic acids is 8. The maximum atomic E-state index is 13.8. The Morgan fingerprint density at radius 1 is 0.962 bits per heavy atom. The Kier molecular flexibility index (Phi) is 11.8. The number of piperidine rings is 1. The maximum absolute atomic E-state index is 13.8. The zero-order valence-corrected chi connectivity index (χ0v) is 29.0. The molecule has 15 nitrogen and oxygen atoms in total. The minimum absolute atomic E-state index is 0.0173. The first-order chi connectivity index (χ1) is 24.8. The van der Waals surface area contributed by atoms with Gasteiger partial charge in [0.2, 0.25) is 23.6 Å². The van der Waals surface area contributed by atoms with E-state index < -0.39 is 53.7 Å². The lowest BCUT2D eigenvalue weighted by Crippen LogP contribution is -2.52. The Labute approximate surface area is 300 Å². The fraction of sp³-hybridized carbons (Fsp3) is 0.405. The Hall–Kier alpha value is -5.86. The lowest BCUT2D eigenvalue weighted by atomic mass is 9.80. The standard InChI is InChI=1S/C37H43N7O8/c1-20(2)32(40-18-24-29(45)16-22(17-30(24)46)21-8-4-3-5-9-21)35(50)42-27(12-7-15-39-37(38)52)33(48)41-26-11-6-10-23-25(26)19-44(36(23)51)28-13-14-31(47)43-34(28)49/h3-6,8-11,18,20,22,27-28,32,40H,7,12-17,19H2,1-2H3,(H,41,48)(H,42,50)(H3,38,39,52)(H,43,47,49)/t22?,27-,28?,32-/m0/s1. The number of nitrogens with one attached hydrogen (secondary N) is 5. The summed E-state index contributed by atoms with van der Waals surface area (Å²) in [5.41, 5.74) is 7.17. The molecule has 0 aromatic heterocycles. The van der Waals surface area contributed by atoms with E-state index in [-0.39, 0.29) is 80.6 Å². The summed E-state index contributed by atoms with van der Waals surface area (Å²) in [5.74, 6) is -3.75. The summed E-state index contributed by atoms with van der Waals surface area (Å²) in [6.07, 6.45) is 2.24. The number of hydrogen-bond acceptors (Lipinski definition) is 9. The zero-order valence-electron chi connectivity index (χ0n) is 29.0. The van der Waals surface area contributed by atoms with E-state index in [1.807, 2.05) is 30.3 Å². The molecular weight excluding hydrogens is 670 g/mol. The van der Waals surface area contributed by atoms with Gasteiger partial charge in [-0.2, -0.15) is 0 Å². The molecule has 2 heterocycles. The zero-order chi connectivity index (χ0) is 37.5. The van der Waals surface area contributed by atoms with E-state index in [9.17, 15) is 38.4 Å². The summed E-state index contributed by atoms with van der Waals surface area (Å²) >= 11 is 0. The fourth-order valence-corrected chi connectivity index (χ4v) is 6.73. The van der Waals surface area contributed by atoms with Gasteiger partial charge in [0, 0.05) is 55.4 Å². The van der Waals surface area contributed by atoms with E-state index in [1.165, 1.54) is 11.1 Å². The molecule has 15 heteroatoms. The minimum atomic E-state index is -1.11. The number of fused-ring (bicyclic) bond motifs is 1. The van der Waals surface area contributed by atoms with Crippen molar-refractivity contribution >= 4 is 52.8 Å². The number of benzene rings is 2. The van der Waals surface area contributed by atoms with E-state index in [2.05, 4.69) is 26.6 Å². The first kappa shape index (κ1) is 37.4. The summed E-state index contributed by atoms with van der Waals surface area (Å²) in [4.78, 5) is 104. The molecule has 0 bridgehead atoms. The van der Waals surface area contributed by atoms with Crippen molar-refractivity contribution in [2.45, 2.75) is 83.0 Å². The average molecular weight is 714 g/mol. The maximum Gasteiger partial charge on any atom is 0.312 e. The van der Waals surface area contributed by atoms with Crippen molar-refractivity contribution in [3.8, 4) is 0 Å². The smallest absolute Gasteiger partial charge is 0.312 e. The monoisotopic (exact) mass is 713 g/mol. The lowest BCUT2D eigenvalue weighted by molar-refractivity contribution is -0.137. The molecule has 7 amide bonds. The van der Waals surface area contributed by atoms with Crippen LogP contribution in [0.1, 0.15) is 79.8 Å². The fourth-order valence-electron chi connectivity index (χ4n) is 6.73. The molecule has 2 aliphatic heterocycles. The molecule has 52 heavy (non-hydrogen) atoms. The van der Waals surface area contributed by atoms with Crippen LogP contribution in [0.4, 0.5) is 10.5 Å². The Bertz CT molecular complexity index is 1790. The van der Waals surface area contributed by atoms with Gasteiger partial charge in [-0.3, -0.25) is 38.9 Å². The van der Waals surface area contributed by atoms with Crippen molar-refractivity contribution < 1.29 is 38.4 Å². The number of imide groups is 1. The number of allylic oxidation sites excluding steroid dienone is 1. The molecule has 2 fully saturated rings. The molecule has 5 rings (SSSR count). The first-order valence-electron chi connectivity index (χ1n) is 17.3. The molecule has 7 N–H and O–H groups in total. The van der Waals surface area contributed by atoms with Crippen LogP contribution in [-0.4, -0.2) is 76.7 Å². The van der Waals surface area contributed by atoms with E-state index >= 15 is 0 Å². The van der Waals surface area contributed by atoms with Gasteiger partial charge < -0.3 is 31.9 Å². The van der Waals surface area contributed by atoms with Crippen molar-refractivity contribution in [2.75, 3.05) is 11.9 Å². The van der Waals surface area contributed by atoms with Gasteiger partial charge in [0.15, 0.2) is 11.6 Å². The van der Waals surface area contributed by atoms with E-state index in [0.717, 1.165) is 5.56 Å². The predicted octanol–water partition coefficient (Wildman–Crippen LogP) is 1.53. The molecule has 1 aliphatic carbocycles. The third kappa shape index (κ3) is 8.71. The van der Waals surface area contributed by atoms with Crippen LogP contribution in [0.5, 0.6) is 0 Å². The van der Waals surface area contributed by atoms with E-state index in [1.54, 1.807) is 32.0 Å². The van der Waals surface area contributed by atoms with E-state index in [0.29, 0.717) is 16.8 Å². The van der Waals surface area contributed by atoms with Crippen LogP contribution < -0.4 is 32.3 Å². The van der Waals surface area contributed by atoms with Crippen LogP contribution in [0.15, 0.2) is 60.3 Å². The quantitative estimate of drug-likeness (QED) is 0.0765. The van der Waals surface area contributed by atoms with Gasteiger partial charge in [-0.15, -0.1) is 0 Å². The molecule has 0 radical (unpaired) electrons. The van der Waals surface area contributed by atoms with Gasteiger partial charge in [-0.25, -0.2) is 4.79 Å². The highest BCUT2D eigenvalue weighted by Gasteiger charge is 2.40. The van der Waals surface area contributed by atoms with Gasteiger partial charge in [0.05, 0.1) is 5.57 Å². The highest BCUT2D eigenvalue weighted by molar-refractivity contribution is 6.22. The number of urea groups is 1. The molecule has 1 saturated carbocycles. The van der Waals surface area contributed by atoms with Crippen LogP contribution >= 0.6 is 0 Å². The normalized spacial score (nSPS) is 19.8. The summed E-state index contributed by atoms with van der Waals surface area (Å²) in [6, 6.07) is 10.5. The second kappa shape index (κ2) is 16.4. The van der Waals surface area contributed by atoms with Crippen LogP contribution in [-0.2, 0) is 35.3 Å². The van der Waals surface area contributed by atoms with Crippen LogP contribution in [0.25, 0.3) is 0 Å². The Morgan fingerprint density at radius 2 is 1.67 bits per heavy atom. The largest absolute Gasteiger partial charge is 0.379 e. The van der Waals surface area contributed by atoms with Crippen molar-refractivity contribution in [1.29, 1.82) is 0 Å². The van der Waals surface area contributed by atoms with Gasteiger partial charge in [-0.05, 0) is 48.8 Å². The summed E-state index contributed by atoms with van der Waals surface area (Å²) in [7, 11) is 0. The minimum Gasteiger partial charge on any atom is -0.379 e. The molecular formula is C37H43N7O8. The number of primary amides is 1.